The number of aliphatic hydroxyl groups is 1. The van der Waals surface area contributed by atoms with E-state index in [-0.39, 0.29) is 60.5 Å². The first-order valence-corrected chi connectivity index (χ1v) is 21.8. The number of nitrogens with one attached hydrogen (secondary N) is 3. The predicted octanol–water partition coefficient (Wildman–Crippen LogP) is 5.02. The van der Waals surface area contributed by atoms with Gasteiger partial charge in [-0.1, -0.05) is 25.3 Å². The van der Waals surface area contributed by atoms with Crippen molar-refractivity contribution in [2.75, 3.05) is 48.8 Å². The van der Waals surface area contributed by atoms with Crippen molar-refractivity contribution in [1.82, 2.24) is 34.7 Å². The molecule has 3 atom stereocenters. The fraction of sp³-hybridized carbons (Fsp3) is 0.422. The second-order valence-corrected chi connectivity index (χ2v) is 16.8. The average Bonchev–Trinajstić information content (AvgIpc) is 3.83. The lowest BCUT2D eigenvalue weighted by molar-refractivity contribution is -0.136. The number of aliphatic hydroxyl groups excluding tert-OH is 1. The number of rotatable bonds is 18. The van der Waals surface area contributed by atoms with Gasteiger partial charge in [0.05, 0.1) is 54.2 Å². The van der Waals surface area contributed by atoms with Gasteiger partial charge in [-0.3, -0.25) is 34.4 Å². The zero-order valence-corrected chi connectivity index (χ0v) is 36.0. The number of halogens is 4. The number of methoxy groups -OCH3 is 1. The highest BCUT2D eigenvalue weighted by molar-refractivity contribution is 6.25. The van der Waals surface area contributed by atoms with Crippen molar-refractivity contribution >= 4 is 52.0 Å². The molecule has 348 valence electrons. The largest absolute Gasteiger partial charge is 0.494 e. The minimum atomic E-state index is -3.05. The normalized spacial score (nSPS) is 19.1. The molecular weight excluding hydrogens is 867 g/mol. The van der Waals surface area contributed by atoms with Gasteiger partial charge < -0.3 is 35.7 Å². The molecule has 6 heterocycles. The summed E-state index contributed by atoms with van der Waals surface area (Å²) in [6.07, 6.45) is 4.40. The maximum absolute atomic E-state index is 15.3. The number of benzene rings is 2. The molecule has 0 spiro atoms. The Morgan fingerprint density at radius 2 is 1.73 bits per heavy atom. The molecular formula is C45H49F4N11O6. The van der Waals surface area contributed by atoms with E-state index in [2.05, 4.69) is 35.9 Å². The van der Waals surface area contributed by atoms with E-state index in [4.69, 9.17) is 10.5 Å². The minimum absolute atomic E-state index is 0.0457. The van der Waals surface area contributed by atoms with Gasteiger partial charge in [0.2, 0.25) is 11.8 Å². The van der Waals surface area contributed by atoms with Crippen LogP contribution in [0.5, 0.6) is 5.75 Å². The number of unbranched alkanes of at least 4 members (excludes halogenated alkanes) is 4. The number of imide groups is 2. The Labute approximate surface area is 376 Å². The number of imidazole rings is 1. The van der Waals surface area contributed by atoms with Gasteiger partial charge in [0.15, 0.2) is 23.0 Å². The second kappa shape index (κ2) is 19.4. The van der Waals surface area contributed by atoms with Crippen molar-refractivity contribution in [1.29, 1.82) is 0 Å². The van der Waals surface area contributed by atoms with Crippen molar-refractivity contribution < 1.29 is 46.6 Å². The van der Waals surface area contributed by atoms with Gasteiger partial charge in [-0.2, -0.15) is 0 Å². The summed E-state index contributed by atoms with van der Waals surface area (Å²) < 4.78 is 64.2. The minimum Gasteiger partial charge on any atom is -0.494 e. The molecule has 21 heteroatoms. The lowest BCUT2D eigenvalue weighted by Gasteiger charge is -2.44. The van der Waals surface area contributed by atoms with Crippen molar-refractivity contribution in [2.24, 2.45) is 5.73 Å². The summed E-state index contributed by atoms with van der Waals surface area (Å²) in [5, 5.41) is 19.2. The molecule has 2 saturated heterocycles. The van der Waals surface area contributed by atoms with Crippen LogP contribution in [0.3, 0.4) is 0 Å². The fourth-order valence-corrected chi connectivity index (χ4v) is 8.92. The van der Waals surface area contributed by atoms with E-state index in [1.165, 1.54) is 19.6 Å². The van der Waals surface area contributed by atoms with Crippen LogP contribution in [-0.4, -0.2) is 116 Å². The van der Waals surface area contributed by atoms with E-state index in [1.54, 1.807) is 40.1 Å². The number of ether oxygens (including phenoxy) is 1. The molecule has 0 radical (unpaired) electrons. The van der Waals surface area contributed by atoms with E-state index in [0.717, 1.165) is 49.1 Å². The molecule has 4 amide bonds. The molecule has 8 rings (SSSR count). The Balaban J connectivity index is 0.879. The first-order chi connectivity index (χ1) is 31.8. The van der Waals surface area contributed by atoms with Gasteiger partial charge in [-0.25, -0.2) is 32.5 Å². The van der Waals surface area contributed by atoms with Crippen LogP contribution in [0.25, 0.3) is 22.4 Å². The van der Waals surface area contributed by atoms with Crippen LogP contribution in [0.4, 0.5) is 34.8 Å². The fourth-order valence-electron chi connectivity index (χ4n) is 8.92. The molecule has 0 bridgehead atoms. The number of hydrogen-bond donors (Lipinski definition) is 5. The van der Waals surface area contributed by atoms with Crippen LogP contribution < -0.4 is 31.3 Å². The number of piperidine rings is 2. The number of alkyl halides is 2. The van der Waals surface area contributed by atoms with Gasteiger partial charge in [0.1, 0.15) is 29.8 Å². The summed E-state index contributed by atoms with van der Waals surface area (Å²) >= 11 is 0. The quantitative estimate of drug-likeness (QED) is 0.0443. The molecule has 3 aliphatic rings. The lowest BCUT2D eigenvalue weighted by atomic mass is 9.84. The van der Waals surface area contributed by atoms with Crippen molar-refractivity contribution in [3.05, 3.63) is 83.6 Å². The Bertz CT molecular complexity index is 2670. The highest BCUT2D eigenvalue weighted by Crippen LogP contribution is 2.36. The molecule has 1 unspecified atom stereocenters. The molecule has 3 aliphatic heterocycles. The van der Waals surface area contributed by atoms with Crippen LogP contribution in [0.1, 0.15) is 84.1 Å². The first-order valence-electron chi connectivity index (χ1n) is 21.8. The first kappa shape index (κ1) is 45.8. The summed E-state index contributed by atoms with van der Waals surface area (Å²) in [6.45, 7) is 1.57. The number of aromatic nitrogens is 5. The van der Waals surface area contributed by atoms with E-state index >= 15 is 4.39 Å². The number of nitrogens with two attached hydrogens (primary N) is 1. The SMILES string of the molecule is COc1cc(F)c(-c2cc(Cn3cnc4c(NCCCCCCCNc5cccc6c5C(=O)N(C5CCC(=O)NC5=O)C6=O)ncnc43)c(N3CCC[C@](N)([C@H](O)C(F)F)C3)cn2)cc1F. The maximum Gasteiger partial charge on any atom is 0.265 e. The zero-order valence-electron chi connectivity index (χ0n) is 36.0. The summed E-state index contributed by atoms with van der Waals surface area (Å²) in [4.78, 5) is 71.3. The van der Waals surface area contributed by atoms with E-state index in [1.807, 2.05) is 0 Å². The number of pyridine rings is 1. The maximum atomic E-state index is 15.3. The topological polar surface area (TPSA) is 223 Å². The monoisotopic (exact) mass is 915 g/mol. The van der Waals surface area contributed by atoms with E-state index in [9.17, 15) is 37.5 Å². The van der Waals surface area contributed by atoms with Gasteiger partial charge in [0.25, 0.3) is 18.2 Å². The lowest BCUT2D eigenvalue weighted by Crippen LogP contribution is -2.63. The van der Waals surface area contributed by atoms with Gasteiger partial charge in [0, 0.05) is 49.9 Å². The highest BCUT2D eigenvalue weighted by atomic mass is 19.3. The predicted molar refractivity (Wildman–Crippen MR) is 234 cm³/mol. The summed E-state index contributed by atoms with van der Waals surface area (Å²) in [5.41, 5.74) is 7.76. The zero-order chi connectivity index (χ0) is 46.7. The smallest absolute Gasteiger partial charge is 0.265 e. The number of carbonyl (C=O) groups is 4. The third-order valence-corrected chi connectivity index (χ3v) is 12.4. The molecule has 0 saturated carbocycles. The third-order valence-electron chi connectivity index (χ3n) is 12.4. The van der Waals surface area contributed by atoms with Gasteiger partial charge >= 0.3 is 0 Å². The summed E-state index contributed by atoms with van der Waals surface area (Å²) in [7, 11) is 1.23. The number of amides is 4. The Morgan fingerprint density at radius 3 is 2.48 bits per heavy atom. The van der Waals surface area contributed by atoms with Crippen LogP contribution in [-0.2, 0) is 16.1 Å². The van der Waals surface area contributed by atoms with Crippen LogP contribution >= 0.6 is 0 Å². The van der Waals surface area contributed by atoms with Gasteiger partial charge in [-0.05, 0) is 61.9 Å². The second-order valence-electron chi connectivity index (χ2n) is 16.8. The van der Waals surface area contributed by atoms with Crippen molar-refractivity contribution in [3.8, 4) is 17.0 Å². The molecule has 5 aromatic rings. The highest BCUT2D eigenvalue weighted by Gasteiger charge is 2.46. The number of anilines is 3. The van der Waals surface area contributed by atoms with Crippen LogP contribution in [0, 0.1) is 11.6 Å². The average molecular weight is 916 g/mol. The molecule has 66 heavy (non-hydrogen) atoms. The summed E-state index contributed by atoms with van der Waals surface area (Å²) in [5.74, 6) is -3.51. The number of nitrogens with zero attached hydrogens (tertiary/aromatic N) is 7. The number of carbonyl (C=O) groups excluding carboxylic acids is 4. The number of fused-ring (bicyclic) bond motifs is 2. The standard InChI is InChI=1S/C45H49F4N11O6/c1-66-34-19-28(46)27(18-29(34)47)31-17-25(33(20-53-31)58-16-8-13-45(50,22-58)38(62)39(48)49)21-59-24-56-37-40(54-23-55-41(37)59)52-15-6-4-2-3-5-14-51-30-10-7-9-26-36(30)44(65)60(43(26)64)32-11-12-35(61)57-42(32)63/h7,9-10,17-20,23-24,32,38-39,51,62H,2-6,8,11-16,21-22,50H2,1H3,(H,52,54,55)(H,57,61,63)/t32?,38-,45-/m1/s1. The van der Waals surface area contributed by atoms with Crippen LogP contribution in [0.2, 0.25) is 0 Å². The molecule has 6 N–H and O–H groups in total. The van der Waals surface area contributed by atoms with E-state index in [0.29, 0.717) is 60.0 Å². The summed E-state index contributed by atoms with van der Waals surface area (Å²) in [6, 6.07) is 7.46. The number of hydrogen-bond acceptors (Lipinski definition) is 14. The molecule has 2 fully saturated rings. The molecule has 2 aromatic carbocycles. The van der Waals surface area contributed by atoms with Crippen LogP contribution in [0.15, 0.2) is 55.2 Å². The molecule has 17 nitrogen and oxygen atoms in total. The molecule has 0 aliphatic carbocycles. The van der Waals surface area contributed by atoms with Crippen molar-refractivity contribution in [2.45, 2.75) is 88.4 Å². The third kappa shape index (κ3) is 9.21. The van der Waals surface area contributed by atoms with Gasteiger partial charge in [-0.15, -0.1) is 0 Å². The Hall–Kier alpha value is -6.74. The van der Waals surface area contributed by atoms with E-state index < -0.39 is 59.4 Å². The van der Waals surface area contributed by atoms with Crippen molar-refractivity contribution in [3.63, 3.8) is 0 Å². The Morgan fingerprint density at radius 1 is 0.955 bits per heavy atom. The Kier molecular flexibility index (Phi) is 13.5. The molecule has 3 aromatic heterocycles.